The van der Waals surface area contributed by atoms with Crippen molar-refractivity contribution in [3.8, 4) is 0 Å². The molecule has 2 aromatic rings. The zero-order valence-electron chi connectivity index (χ0n) is 11.7. The van der Waals surface area contributed by atoms with Crippen LogP contribution in [0.15, 0.2) is 42.6 Å². The molecule has 1 aromatic heterocycles. The van der Waals surface area contributed by atoms with Gasteiger partial charge in [0.2, 0.25) is 0 Å². The number of rotatable bonds is 3. The molecule has 0 radical (unpaired) electrons. The molecule has 0 N–H and O–H groups in total. The van der Waals surface area contributed by atoms with Crippen molar-refractivity contribution in [2.24, 2.45) is 0 Å². The van der Waals surface area contributed by atoms with Gasteiger partial charge in [0, 0.05) is 43.9 Å². The molecular formula is C16H17ClFN3. The monoisotopic (exact) mass is 305 g/mol. The van der Waals surface area contributed by atoms with Gasteiger partial charge in [-0.25, -0.2) is 9.37 Å². The van der Waals surface area contributed by atoms with Crippen LogP contribution in [-0.2, 0) is 5.88 Å². The predicted molar refractivity (Wildman–Crippen MR) is 84.6 cm³/mol. The van der Waals surface area contributed by atoms with Crippen molar-refractivity contribution in [3.05, 3.63) is 54.0 Å². The highest BCUT2D eigenvalue weighted by atomic mass is 35.5. The van der Waals surface area contributed by atoms with Crippen LogP contribution in [0, 0.1) is 5.82 Å². The standard InChI is InChI=1S/C16H17ClFN3/c17-11-13-1-6-16(19-12-13)21-9-7-20(8-10-21)15-4-2-14(18)3-5-15/h1-6,12H,7-11H2. The van der Waals surface area contributed by atoms with E-state index in [4.69, 9.17) is 11.6 Å². The fourth-order valence-electron chi connectivity index (χ4n) is 2.53. The first-order valence-corrected chi connectivity index (χ1v) is 7.56. The second-order valence-corrected chi connectivity index (χ2v) is 5.38. The summed E-state index contributed by atoms with van der Waals surface area (Å²) in [4.78, 5) is 8.98. The van der Waals surface area contributed by atoms with E-state index in [2.05, 4.69) is 14.8 Å². The number of nitrogens with zero attached hydrogens (tertiary/aromatic N) is 3. The average Bonchev–Trinajstić information content (AvgIpc) is 2.56. The lowest BCUT2D eigenvalue weighted by atomic mass is 10.2. The zero-order valence-corrected chi connectivity index (χ0v) is 12.4. The first-order valence-electron chi connectivity index (χ1n) is 7.02. The summed E-state index contributed by atoms with van der Waals surface area (Å²) in [5, 5.41) is 0. The van der Waals surface area contributed by atoms with Crippen LogP contribution in [-0.4, -0.2) is 31.2 Å². The fourth-order valence-corrected chi connectivity index (χ4v) is 2.69. The Kier molecular flexibility index (Phi) is 4.25. The van der Waals surface area contributed by atoms with E-state index in [0.29, 0.717) is 5.88 Å². The summed E-state index contributed by atoms with van der Waals surface area (Å²) in [5.74, 6) is 1.29. The molecule has 2 heterocycles. The summed E-state index contributed by atoms with van der Waals surface area (Å²) in [7, 11) is 0. The van der Waals surface area contributed by atoms with Gasteiger partial charge in [-0.15, -0.1) is 11.6 Å². The highest BCUT2D eigenvalue weighted by Gasteiger charge is 2.18. The average molecular weight is 306 g/mol. The first-order chi connectivity index (χ1) is 10.3. The molecule has 0 amide bonds. The fraction of sp³-hybridized carbons (Fsp3) is 0.312. The van der Waals surface area contributed by atoms with Crippen LogP contribution in [0.2, 0.25) is 0 Å². The number of halogens is 2. The molecule has 110 valence electrons. The minimum absolute atomic E-state index is 0.194. The second kappa shape index (κ2) is 6.31. The van der Waals surface area contributed by atoms with Gasteiger partial charge >= 0.3 is 0 Å². The summed E-state index contributed by atoms with van der Waals surface area (Å²) in [6.45, 7) is 3.63. The number of aromatic nitrogens is 1. The smallest absolute Gasteiger partial charge is 0.128 e. The maximum atomic E-state index is 13.0. The summed E-state index contributed by atoms with van der Waals surface area (Å²) in [6, 6.07) is 10.7. The van der Waals surface area contributed by atoms with Crippen molar-refractivity contribution < 1.29 is 4.39 Å². The maximum absolute atomic E-state index is 13.0. The molecule has 3 rings (SSSR count). The highest BCUT2D eigenvalue weighted by Crippen LogP contribution is 2.20. The van der Waals surface area contributed by atoms with Gasteiger partial charge in [-0.1, -0.05) is 6.07 Å². The quantitative estimate of drug-likeness (QED) is 0.811. The maximum Gasteiger partial charge on any atom is 0.128 e. The van der Waals surface area contributed by atoms with Gasteiger partial charge in [0.25, 0.3) is 0 Å². The van der Waals surface area contributed by atoms with Crippen LogP contribution < -0.4 is 9.80 Å². The SMILES string of the molecule is Fc1ccc(N2CCN(c3ccc(CCl)cn3)CC2)cc1. The van der Waals surface area contributed by atoms with Crippen LogP contribution in [0.5, 0.6) is 0 Å². The van der Waals surface area contributed by atoms with Crippen molar-refractivity contribution in [1.29, 1.82) is 0 Å². The number of pyridine rings is 1. The molecule has 1 aliphatic heterocycles. The van der Waals surface area contributed by atoms with Gasteiger partial charge in [0.1, 0.15) is 11.6 Å². The van der Waals surface area contributed by atoms with Gasteiger partial charge in [-0.2, -0.15) is 0 Å². The third-order valence-electron chi connectivity index (χ3n) is 3.76. The van der Waals surface area contributed by atoms with Crippen molar-refractivity contribution >= 4 is 23.1 Å². The molecular weight excluding hydrogens is 289 g/mol. The minimum Gasteiger partial charge on any atom is -0.368 e. The summed E-state index contributed by atoms with van der Waals surface area (Å²) in [6.07, 6.45) is 1.83. The molecule has 1 aromatic carbocycles. The summed E-state index contributed by atoms with van der Waals surface area (Å²) >= 11 is 5.78. The number of benzene rings is 1. The predicted octanol–water partition coefficient (Wildman–Crippen LogP) is 3.29. The van der Waals surface area contributed by atoms with Crippen molar-refractivity contribution in [2.45, 2.75) is 5.88 Å². The van der Waals surface area contributed by atoms with Crippen LogP contribution in [0.1, 0.15) is 5.56 Å². The van der Waals surface area contributed by atoms with Gasteiger partial charge in [-0.3, -0.25) is 0 Å². The Balaban J connectivity index is 1.62. The summed E-state index contributed by atoms with van der Waals surface area (Å²) < 4.78 is 13.0. The number of hydrogen-bond donors (Lipinski definition) is 0. The molecule has 0 atom stereocenters. The lowest BCUT2D eigenvalue weighted by molar-refractivity contribution is 0.624. The summed E-state index contributed by atoms with van der Waals surface area (Å²) in [5.41, 5.74) is 2.10. The number of anilines is 2. The normalized spacial score (nSPS) is 15.3. The van der Waals surface area contributed by atoms with Gasteiger partial charge in [0.15, 0.2) is 0 Å². The van der Waals surface area contributed by atoms with E-state index in [1.54, 1.807) is 0 Å². The van der Waals surface area contributed by atoms with E-state index in [1.165, 1.54) is 12.1 Å². The van der Waals surface area contributed by atoms with Crippen molar-refractivity contribution in [2.75, 3.05) is 36.0 Å². The molecule has 3 nitrogen and oxygen atoms in total. The lowest BCUT2D eigenvalue weighted by Gasteiger charge is -2.36. The Labute approximate surface area is 129 Å². The topological polar surface area (TPSA) is 19.4 Å². The van der Waals surface area contributed by atoms with E-state index >= 15 is 0 Å². The molecule has 1 saturated heterocycles. The molecule has 1 aliphatic rings. The molecule has 0 spiro atoms. The van der Waals surface area contributed by atoms with Crippen LogP contribution in [0.3, 0.4) is 0 Å². The Hall–Kier alpha value is -1.81. The number of piperazine rings is 1. The van der Waals surface area contributed by atoms with E-state index in [9.17, 15) is 4.39 Å². The van der Waals surface area contributed by atoms with Gasteiger partial charge < -0.3 is 9.80 Å². The first kappa shape index (κ1) is 14.1. The number of hydrogen-bond acceptors (Lipinski definition) is 3. The molecule has 21 heavy (non-hydrogen) atoms. The minimum atomic E-state index is -0.194. The molecule has 0 bridgehead atoms. The lowest BCUT2D eigenvalue weighted by Crippen LogP contribution is -2.46. The van der Waals surface area contributed by atoms with Crippen molar-refractivity contribution in [3.63, 3.8) is 0 Å². The molecule has 5 heteroatoms. The highest BCUT2D eigenvalue weighted by molar-refractivity contribution is 6.17. The Morgan fingerprint density at radius 3 is 2.19 bits per heavy atom. The Bertz CT molecular complexity index is 577. The van der Waals surface area contributed by atoms with Crippen LogP contribution in [0.4, 0.5) is 15.9 Å². The van der Waals surface area contributed by atoms with E-state index < -0.39 is 0 Å². The third kappa shape index (κ3) is 3.27. The van der Waals surface area contributed by atoms with E-state index in [0.717, 1.165) is 43.2 Å². The zero-order chi connectivity index (χ0) is 14.7. The molecule has 0 saturated carbocycles. The molecule has 1 fully saturated rings. The number of alkyl halides is 1. The molecule has 0 aliphatic carbocycles. The molecule has 0 unspecified atom stereocenters. The van der Waals surface area contributed by atoms with E-state index in [-0.39, 0.29) is 5.82 Å². The van der Waals surface area contributed by atoms with Crippen LogP contribution >= 0.6 is 11.6 Å². The third-order valence-corrected chi connectivity index (χ3v) is 4.07. The van der Waals surface area contributed by atoms with Gasteiger partial charge in [0.05, 0.1) is 0 Å². The second-order valence-electron chi connectivity index (χ2n) is 5.11. The van der Waals surface area contributed by atoms with Gasteiger partial charge in [-0.05, 0) is 35.9 Å². The largest absolute Gasteiger partial charge is 0.368 e. The van der Waals surface area contributed by atoms with E-state index in [1.807, 2.05) is 30.5 Å². The van der Waals surface area contributed by atoms with Crippen LogP contribution in [0.25, 0.3) is 0 Å². The van der Waals surface area contributed by atoms with Crippen molar-refractivity contribution in [1.82, 2.24) is 4.98 Å². The Morgan fingerprint density at radius 2 is 1.62 bits per heavy atom. The Morgan fingerprint density at radius 1 is 0.952 bits per heavy atom.